The van der Waals surface area contributed by atoms with Gasteiger partial charge in [0.2, 0.25) is 11.8 Å². The summed E-state index contributed by atoms with van der Waals surface area (Å²) in [5, 5.41) is 17.5. The monoisotopic (exact) mass is 571 g/mol. The lowest BCUT2D eigenvalue weighted by Crippen LogP contribution is -2.48. The SMILES string of the molecule is CC(C)[C@@H](C(=O)N1C[C@H](O)C[C@H]1C(=O)N[C@@H](C)c1ccc(-c2c(F)cc(F)cc2F)cc1)c1cc(C(C)(C)C)no1. The number of carbonyl (C=O) groups is 2. The number of β-amino-alcohol motifs (C(OH)–C–C–N with tert-alkyl or cyclic N) is 1. The molecule has 0 radical (unpaired) electrons. The molecule has 1 saturated heterocycles. The Bertz CT molecular complexity index is 1390. The molecule has 4 rings (SSSR count). The van der Waals surface area contributed by atoms with Crippen LogP contribution in [0.2, 0.25) is 0 Å². The van der Waals surface area contributed by atoms with Crippen LogP contribution in [-0.2, 0) is 15.0 Å². The molecule has 41 heavy (non-hydrogen) atoms. The first kappa shape index (κ1) is 30.3. The minimum absolute atomic E-state index is 0.0122. The van der Waals surface area contributed by atoms with Gasteiger partial charge in [-0.05, 0) is 24.0 Å². The van der Waals surface area contributed by atoms with E-state index < -0.39 is 47.5 Å². The number of nitrogens with zero attached hydrogens (tertiary/aromatic N) is 2. The van der Waals surface area contributed by atoms with E-state index in [1.807, 2.05) is 34.6 Å². The molecule has 220 valence electrons. The third kappa shape index (κ3) is 6.48. The maximum atomic E-state index is 14.2. The van der Waals surface area contributed by atoms with Crippen LogP contribution in [0.1, 0.15) is 76.9 Å². The van der Waals surface area contributed by atoms with Gasteiger partial charge in [0.05, 0.1) is 23.4 Å². The van der Waals surface area contributed by atoms with Crippen LogP contribution in [0.25, 0.3) is 11.1 Å². The molecule has 0 saturated carbocycles. The highest BCUT2D eigenvalue weighted by atomic mass is 19.1. The summed E-state index contributed by atoms with van der Waals surface area (Å²) in [5.41, 5.74) is 0.975. The van der Waals surface area contributed by atoms with Crippen molar-refractivity contribution in [2.45, 2.75) is 77.5 Å². The molecule has 0 bridgehead atoms. The van der Waals surface area contributed by atoms with Gasteiger partial charge in [0, 0.05) is 36.6 Å². The number of halogens is 3. The van der Waals surface area contributed by atoms with Crippen LogP contribution in [0, 0.1) is 23.4 Å². The normalized spacial score (nSPS) is 19.0. The van der Waals surface area contributed by atoms with Gasteiger partial charge < -0.3 is 19.8 Å². The molecule has 0 aliphatic carbocycles. The standard InChI is InChI=1S/C31H36F3N3O4/c1-16(2)27(25-14-26(36-41-25)31(4,5)6)30(40)37-15-21(38)13-24(37)29(39)35-17(3)18-7-9-19(10-8-18)28-22(33)11-20(32)12-23(28)34/h7-12,14,16-17,21,24,27,38H,13,15H2,1-6H3,(H,35,39)/t17-,21+,24-,27+/m0/s1. The highest BCUT2D eigenvalue weighted by Gasteiger charge is 2.43. The summed E-state index contributed by atoms with van der Waals surface area (Å²) in [4.78, 5) is 28.6. The molecular weight excluding hydrogens is 535 g/mol. The average Bonchev–Trinajstić information content (AvgIpc) is 3.51. The van der Waals surface area contributed by atoms with Gasteiger partial charge in [-0.15, -0.1) is 0 Å². The number of likely N-dealkylation sites (tertiary alicyclic amines) is 1. The number of rotatable bonds is 7. The topological polar surface area (TPSA) is 95.7 Å². The molecule has 7 nitrogen and oxygen atoms in total. The second-order valence-corrected chi connectivity index (χ2v) is 12.1. The number of benzene rings is 2. The minimum Gasteiger partial charge on any atom is -0.391 e. The van der Waals surface area contributed by atoms with E-state index in [9.17, 15) is 27.9 Å². The molecule has 4 atom stereocenters. The van der Waals surface area contributed by atoms with Gasteiger partial charge in [0.1, 0.15) is 35.2 Å². The second kappa shape index (κ2) is 11.7. The summed E-state index contributed by atoms with van der Waals surface area (Å²) in [6.45, 7) is 11.5. The number of aliphatic hydroxyl groups is 1. The molecule has 1 aliphatic heterocycles. The zero-order valence-electron chi connectivity index (χ0n) is 24.0. The molecule has 2 N–H and O–H groups in total. The number of aliphatic hydroxyl groups excluding tert-OH is 1. The van der Waals surface area contributed by atoms with Crippen LogP contribution in [0.3, 0.4) is 0 Å². The van der Waals surface area contributed by atoms with Crippen LogP contribution < -0.4 is 5.32 Å². The van der Waals surface area contributed by atoms with Crippen LogP contribution in [0.4, 0.5) is 13.2 Å². The van der Waals surface area contributed by atoms with Crippen molar-refractivity contribution in [1.82, 2.24) is 15.4 Å². The number of hydrogen-bond acceptors (Lipinski definition) is 5. The largest absolute Gasteiger partial charge is 0.391 e. The van der Waals surface area contributed by atoms with Crippen LogP contribution in [-0.4, -0.2) is 45.7 Å². The first-order valence-electron chi connectivity index (χ1n) is 13.7. The first-order valence-corrected chi connectivity index (χ1v) is 13.7. The Balaban J connectivity index is 1.50. The molecule has 2 aromatic carbocycles. The van der Waals surface area contributed by atoms with E-state index >= 15 is 0 Å². The lowest BCUT2D eigenvalue weighted by Gasteiger charge is -2.29. The molecule has 2 heterocycles. The summed E-state index contributed by atoms with van der Waals surface area (Å²) >= 11 is 0. The van der Waals surface area contributed by atoms with E-state index in [0.29, 0.717) is 29.2 Å². The fourth-order valence-electron chi connectivity index (χ4n) is 5.16. The van der Waals surface area contributed by atoms with Gasteiger partial charge in [-0.25, -0.2) is 13.2 Å². The molecule has 10 heteroatoms. The minimum atomic E-state index is -1.01. The number of carbonyl (C=O) groups excluding carboxylic acids is 2. The van der Waals surface area contributed by atoms with Crippen molar-refractivity contribution < 1.29 is 32.4 Å². The van der Waals surface area contributed by atoms with Crippen molar-refractivity contribution in [3.8, 4) is 11.1 Å². The number of amides is 2. The average molecular weight is 572 g/mol. The highest BCUT2D eigenvalue weighted by molar-refractivity contribution is 5.91. The summed E-state index contributed by atoms with van der Waals surface area (Å²) in [5.74, 6) is -4.21. The summed E-state index contributed by atoms with van der Waals surface area (Å²) < 4.78 is 47.3. The van der Waals surface area contributed by atoms with Crippen molar-refractivity contribution in [3.63, 3.8) is 0 Å². The quantitative estimate of drug-likeness (QED) is 0.383. The third-order valence-electron chi connectivity index (χ3n) is 7.47. The summed E-state index contributed by atoms with van der Waals surface area (Å²) in [7, 11) is 0. The Morgan fingerprint density at radius 2 is 1.66 bits per heavy atom. The van der Waals surface area contributed by atoms with Gasteiger partial charge in [-0.2, -0.15) is 0 Å². The summed E-state index contributed by atoms with van der Waals surface area (Å²) in [6.07, 6.45) is -0.779. The van der Waals surface area contributed by atoms with E-state index in [-0.39, 0.29) is 41.3 Å². The summed E-state index contributed by atoms with van der Waals surface area (Å²) in [6, 6.07) is 7.81. The Labute approximate surface area is 237 Å². The molecular formula is C31H36F3N3O4. The fourth-order valence-corrected chi connectivity index (χ4v) is 5.16. The van der Waals surface area contributed by atoms with Gasteiger partial charge >= 0.3 is 0 Å². The lowest BCUT2D eigenvalue weighted by molar-refractivity contribution is -0.141. The van der Waals surface area contributed by atoms with Crippen molar-refractivity contribution in [2.75, 3.05) is 6.54 Å². The van der Waals surface area contributed by atoms with Gasteiger partial charge in [0.25, 0.3) is 0 Å². The van der Waals surface area contributed by atoms with Crippen molar-refractivity contribution >= 4 is 11.8 Å². The Kier molecular flexibility index (Phi) is 8.63. The Morgan fingerprint density at radius 3 is 2.20 bits per heavy atom. The number of aromatic nitrogens is 1. The maximum Gasteiger partial charge on any atom is 0.243 e. The van der Waals surface area contributed by atoms with Crippen molar-refractivity contribution in [3.05, 3.63) is 76.9 Å². The third-order valence-corrected chi connectivity index (χ3v) is 7.47. The van der Waals surface area contributed by atoms with Crippen LogP contribution in [0.15, 0.2) is 47.0 Å². The van der Waals surface area contributed by atoms with E-state index in [4.69, 9.17) is 4.52 Å². The number of nitrogens with one attached hydrogen (secondary N) is 1. The molecule has 1 fully saturated rings. The zero-order chi connectivity index (χ0) is 30.2. The van der Waals surface area contributed by atoms with Crippen molar-refractivity contribution in [2.24, 2.45) is 5.92 Å². The fraction of sp³-hybridized carbons (Fsp3) is 0.452. The molecule has 2 amide bonds. The first-order chi connectivity index (χ1) is 19.2. The maximum absolute atomic E-state index is 14.2. The van der Waals surface area contributed by atoms with E-state index in [0.717, 1.165) is 0 Å². The molecule has 1 aromatic heterocycles. The van der Waals surface area contributed by atoms with E-state index in [1.165, 1.54) is 17.0 Å². The lowest BCUT2D eigenvalue weighted by atomic mass is 9.88. The van der Waals surface area contributed by atoms with E-state index in [2.05, 4.69) is 10.5 Å². The van der Waals surface area contributed by atoms with E-state index in [1.54, 1.807) is 25.1 Å². The molecule has 0 spiro atoms. The zero-order valence-corrected chi connectivity index (χ0v) is 24.0. The van der Waals surface area contributed by atoms with Gasteiger partial charge in [-0.3, -0.25) is 9.59 Å². The van der Waals surface area contributed by atoms with Gasteiger partial charge in [-0.1, -0.05) is 64.0 Å². The Hall–Kier alpha value is -3.66. The van der Waals surface area contributed by atoms with Crippen LogP contribution >= 0.6 is 0 Å². The van der Waals surface area contributed by atoms with Crippen molar-refractivity contribution in [1.29, 1.82) is 0 Å². The number of hydrogen-bond donors (Lipinski definition) is 2. The second-order valence-electron chi connectivity index (χ2n) is 12.1. The Morgan fingerprint density at radius 1 is 1.05 bits per heavy atom. The predicted octanol–water partition coefficient (Wildman–Crippen LogP) is 5.64. The predicted molar refractivity (Wildman–Crippen MR) is 147 cm³/mol. The molecule has 1 aliphatic rings. The van der Waals surface area contributed by atoms with Crippen LogP contribution in [0.5, 0.6) is 0 Å². The smallest absolute Gasteiger partial charge is 0.243 e. The molecule has 0 unspecified atom stereocenters. The molecule has 3 aromatic rings. The van der Waals surface area contributed by atoms with Gasteiger partial charge in [0.15, 0.2) is 0 Å². The highest BCUT2D eigenvalue weighted by Crippen LogP contribution is 2.34.